The van der Waals surface area contributed by atoms with Crippen molar-refractivity contribution in [1.82, 2.24) is 4.98 Å². The molecule has 0 fully saturated rings. The van der Waals surface area contributed by atoms with Crippen molar-refractivity contribution in [3.63, 3.8) is 0 Å². The summed E-state index contributed by atoms with van der Waals surface area (Å²) in [6.45, 7) is -2.41. The van der Waals surface area contributed by atoms with E-state index in [0.29, 0.717) is 11.3 Å². The molecule has 4 aromatic carbocycles. The van der Waals surface area contributed by atoms with Gasteiger partial charge in [-0.05, 0) is 29.6 Å². The molecule has 0 aliphatic carbocycles. The molecule has 1 nitrogen and oxygen atoms in total. The molecule has 1 unspecified atom stereocenters. The summed E-state index contributed by atoms with van der Waals surface area (Å²) in [5.41, 5.74) is 5.47. The van der Waals surface area contributed by atoms with Crippen molar-refractivity contribution in [3.8, 4) is 22.4 Å². The molecule has 35 heavy (non-hydrogen) atoms. The Balaban J connectivity index is 0.000000225. The monoisotopic (exact) mass is 638 g/mol. The van der Waals surface area contributed by atoms with Gasteiger partial charge in [-0.1, -0.05) is 56.2 Å². The van der Waals surface area contributed by atoms with E-state index in [1.54, 1.807) is 12.1 Å². The van der Waals surface area contributed by atoms with Gasteiger partial charge < -0.3 is 4.98 Å². The van der Waals surface area contributed by atoms with E-state index in [-0.39, 0.29) is 31.2 Å². The van der Waals surface area contributed by atoms with E-state index in [1.165, 1.54) is 24.4 Å². The quantitative estimate of drug-likeness (QED) is 0.181. The fourth-order valence-electron chi connectivity index (χ4n) is 3.41. The van der Waals surface area contributed by atoms with Crippen LogP contribution in [0.2, 0.25) is 0 Å². The first-order chi connectivity index (χ1) is 19.4. The van der Waals surface area contributed by atoms with E-state index >= 15 is 0 Å². The molecular formula is C33H28IrN. The minimum atomic E-state index is -2.18. The summed E-state index contributed by atoms with van der Waals surface area (Å²) >= 11 is 0. The van der Waals surface area contributed by atoms with E-state index in [2.05, 4.69) is 23.2 Å². The first kappa shape index (κ1) is 18.0. The Labute approximate surface area is 233 Å². The summed E-state index contributed by atoms with van der Waals surface area (Å²) < 4.78 is 52.4. The number of benzene rings is 4. The molecule has 0 saturated carbocycles. The second-order valence-corrected chi connectivity index (χ2v) is 7.68. The van der Waals surface area contributed by atoms with Gasteiger partial charge in [0.2, 0.25) is 0 Å². The summed E-state index contributed by atoms with van der Waals surface area (Å²) in [5.74, 6) is -0.778. The molecule has 1 atom stereocenters. The van der Waals surface area contributed by atoms with Gasteiger partial charge in [0.25, 0.3) is 0 Å². The van der Waals surface area contributed by atoms with Crippen LogP contribution < -0.4 is 0 Å². The minimum Gasteiger partial charge on any atom is -0.304 e. The Morgan fingerprint density at radius 3 is 2.14 bits per heavy atom. The van der Waals surface area contributed by atoms with E-state index in [4.69, 9.17) is 9.60 Å². The first-order valence-corrected chi connectivity index (χ1v) is 10.9. The molecular weight excluding hydrogens is 603 g/mol. The van der Waals surface area contributed by atoms with Crippen LogP contribution in [0.15, 0.2) is 109 Å². The fraction of sp³-hybridized carbons (Fsp3) is 0.121. The Bertz CT molecular complexity index is 1490. The zero-order valence-electron chi connectivity index (χ0n) is 26.2. The van der Waals surface area contributed by atoms with Gasteiger partial charge in [-0.15, -0.1) is 53.1 Å². The summed E-state index contributed by atoms with van der Waals surface area (Å²) in [6.07, 6.45) is 1.30. The number of nitrogens with zero attached hydrogens (tertiary/aromatic N) is 1. The molecule has 0 aliphatic heterocycles. The normalized spacial score (nSPS) is 15.5. The summed E-state index contributed by atoms with van der Waals surface area (Å²) in [4.78, 5) is 4.08. The summed E-state index contributed by atoms with van der Waals surface area (Å²) in [7, 11) is 0. The molecule has 0 spiro atoms. The zero-order chi connectivity index (χ0) is 29.7. The van der Waals surface area contributed by atoms with Gasteiger partial charge >= 0.3 is 20.1 Å². The third-order valence-electron chi connectivity index (χ3n) is 5.29. The average Bonchev–Trinajstić information content (AvgIpc) is 2.98. The first-order valence-electron chi connectivity index (χ1n) is 14.4. The van der Waals surface area contributed by atoms with E-state index in [1.807, 2.05) is 79.7 Å². The van der Waals surface area contributed by atoms with Gasteiger partial charge in [0.05, 0.1) is 0 Å². The van der Waals surface area contributed by atoms with Gasteiger partial charge in [-0.25, -0.2) is 11.1 Å². The largest absolute Gasteiger partial charge is 3.00 e. The van der Waals surface area contributed by atoms with Gasteiger partial charge in [-0.2, -0.15) is 42.5 Å². The third kappa shape index (κ3) is 7.33. The van der Waals surface area contributed by atoms with Crippen molar-refractivity contribution in [2.24, 2.45) is 0 Å². The van der Waals surface area contributed by atoms with Crippen molar-refractivity contribution in [2.45, 2.75) is 26.5 Å². The Morgan fingerprint density at radius 2 is 1.49 bits per heavy atom. The summed E-state index contributed by atoms with van der Waals surface area (Å²) in [6, 6.07) is 40.5. The average molecular weight is 638 g/mol. The van der Waals surface area contributed by atoms with Gasteiger partial charge in [-0.3, -0.25) is 0 Å². The van der Waals surface area contributed by atoms with Crippen LogP contribution in [0.1, 0.15) is 44.7 Å². The van der Waals surface area contributed by atoms with Gasteiger partial charge in [0.1, 0.15) is 0 Å². The van der Waals surface area contributed by atoms with E-state index in [0.717, 1.165) is 22.3 Å². The van der Waals surface area contributed by atoms with Crippen molar-refractivity contribution in [1.29, 1.82) is 0 Å². The number of aryl methyl sites for hydroxylation is 2. The maximum absolute atomic E-state index is 8.74. The smallest absolute Gasteiger partial charge is 0.304 e. The molecule has 1 aromatic heterocycles. The number of hydrogen-bond acceptors (Lipinski definition) is 1. The molecule has 0 bridgehead atoms. The fourth-order valence-corrected chi connectivity index (χ4v) is 3.41. The number of pyridine rings is 1. The van der Waals surface area contributed by atoms with Crippen LogP contribution in [0.25, 0.3) is 22.4 Å². The number of aromatic nitrogens is 1. The predicted molar refractivity (Wildman–Crippen MR) is 141 cm³/mol. The molecule has 5 rings (SSSR count). The Morgan fingerprint density at radius 1 is 0.714 bits per heavy atom. The maximum atomic E-state index is 8.74. The van der Waals surface area contributed by atoms with Crippen LogP contribution in [-0.4, -0.2) is 4.98 Å². The van der Waals surface area contributed by atoms with Crippen LogP contribution in [0.4, 0.5) is 0 Å². The standard InChI is InChI=1S/C20H16.C13H12N.Ir/c1-16(17-9-4-2-5-10-17)19-13-8-14-20(15-19)18-11-6-3-7-12-18;1-10-3-6-12(7-4-10)13-8-5-11(2)9-14-13;/h2-11,13,15-16H,1H3;3-6,8-9H,1-2H3;/q-2;-1;+3/i16D;1D3,2D3;. The predicted octanol–water partition coefficient (Wildman–Crippen LogP) is 8.27. The van der Waals surface area contributed by atoms with Crippen LogP contribution in [0, 0.1) is 31.9 Å². The molecule has 0 N–H and O–H groups in total. The molecule has 174 valence electrons. The van der Waals surface area contributed by atoms with Crippen molar-refractivity contribution in [2.75, 3.05) is 0 Å². The Kier molecular flexibility index (Phi) is 6.67. The SMILES string of the molecule is [2H]C(C)(c1ccccc1)c1cc[c-]c(-c2[c-]cccc2)c1.[2H]C([2H])([2H])c1c[c-]c(-c2ccc(C([2H])([2H])[2H])cn2)cc1.[Ir+3]. The molecule has 2 heteroatoms. The van der Waals surface area contributed by atoms with Crippen LogP contribution in [-0.2, 0) is 20.1 Å². The minimum absolute atomic E-state index is 0. The Hall–Kier alpha value is -3.32. The van der Waals surface area contributed by atoms with Gasteiger partial charge in [0, 0.05) is 15.8 Å². The number of rotatable bonds is 4. The molecule has 5 aromatic rings. The van der Waals surface area contributed by atoms with Crippen LogP contribution >= 0.6 is 0 Å². The van der Waals surface area contributed by atoms with Gasteiger partial charge in [0.15, 0.2) is 0 Å². The number of hydrogen-bond donors (Lipinski definition) is 0. The van der Waals surface area contributed by atoms with Crippen molar-refractivity contribution < 1.29 is 29.7 Å². The third-order valence-corrected chi connectivity index (χ3v) is 5.29. The molecule has 0 saturated heterocycles. The van der Waals surface area contributed by atoms with E-state index < -0.39 is 19.6 Å². The van der Waals surface area contributed by atoms with Crippen LogP contribution in [0.5, 0.6) is 0 Å². The van der Waals surface area contributed by atoms with Crippen molar-refractivity contribution in [3.05, 3.63) is 150 Å². The second kappa shape index (κ2) is 13.0. The molecule has 1 heterocycles. The van der Waals surface area contributed by atoms with Crippen molar-refractivity contribution >= 4 is 0 Å². The second-order valence-electron chi connectivity index (χ2n) is 7.68. The maximum Gasteiger partial charge on any atom is 3.00 e. The van der Waals surface area contributed by atoms with Crippen LogP contribution in [0.3, 0.4) is 0 Å². The topological polar surface area (TPSA) is 12.9 Å². The summed E-state index contributed by atoms with van der Waals surface area (Å²) in [5, 5.41) is 0. The molecule has 0 amide bonds. The zero-order valence-corrected chi connectivity index (χ0v) is 21.6. The molecule has 0 radical (unpaired) electrons. The van der Waals surface area contributed by atoms with E-state index in [9.17, 15) is 0 Å². The molecule has 0 aliphatic rings.